The minimum Gasteiger partial charge on any atom is -0.489 e. The first-order valence-electron chi connectivity index (χ1n) is 10.2. The smallest absolute Gasteiger partial charge is 0.272 e. The summed E-state index contributed by atoms with van der Waals surface area (Å²) in [6.07, 6.45) is 4.81. The van der Waals surface area contributed by atoms with E-state index in [1.54, 1.807) is 0 Å². The van der Waals surface area contributed by atoms with Gasteiger partial charge in [0.2, 0.25) is 0 Å². The van der Waals surface area contributed by atoms with Crippen molar-refractivity contribution in [1.82, 2.24) is 14.8 Å². The molecule has 1 saturated heterocycles. The largest absolute Gasteiger partial charge is 0.489 e. The SMILES string of the molecule is CN1CC=C(c2cccc(C(=O)N3CCC(Oc4ccccc4Cl)CC3)n2)CC1. The zero-order valence-corrected chi connectivity index (χ0v) is 17.4. The maximum absolute atomic E-state index is 13.0. The summed E-state index contributed by atoms with van der Waals surface area (Å²) in [6, 6.07) is 13.3. The van der Waals surface area contributed by atoms with Crippen molar-refractivity contribution in [1.29, 1.82) is 0 Å². The van der Waals surface area contributed by atoms with E-state index in [1.807, 2.05) is 47.4 Å². The van der Waals surface area contributed by atoms with Gasteiger partial charge in [-0.1, -0.05) is 35.9 Å². The zero-order chi connectivity index (χ0) is 20.2. The molecule has 29 heavy (non-hydrogen) atoms. The normalized spacial score (nSPS) is 18.4. The molecule has 1 aromatic carbocycles. The van der Waals surface area contributed by atoms with Crippen LogP contribution in [0.15, 0.2) is 48.5 Å². The molecule has 2 aliphatic heterocycles. The molecule has 0 atom stereocenters. The molecule has 0 aliphatic carbocycles. The van der Waals surface area contributed by atoms with Gasteiger partial charge in [0.05, 0.1) is 10.7 Å². The molecule has 0 radical (unpaired) electrons. The fraction of sp³-hybridized carbons (Fsp3) is 0.391. The van der Waals surface area contributed by atoms with Crippen molar-refractivity contribution in [2.45, 2.75) is 25.4 Å². The van der Waals surface area contributed by atoms with Crippen LogP contribution in [0.2, 0.25) is 5.02 Å². The number of aromatic nitrogens is 1. The summed E-state index contributed by atoms with van der Waals surface area (Å²) in [7, 11) is 2.11. The monoisotopic (exact) mass is 411 g/mol. The number of hydrogen-bond acceptors (Lipinski definition) is 4. The summed E-state index contributed by atoms with van der Waals surface area (Å²) >= 11 is 6.18. The van der Waals surface area contributed by atoms with Gasteiger partial charge in [0.1, 0.15) is 17.5 Å². The average Bonchev–Trinajstić information content (AvgIpc) is 2.76. The van der Waals surface area contributed by atoms with Gasteiger partial charge < -0.3 is 14.5 Å². The van der Waals surface area contributed by atoms with Crippen LogP contribution in [0, 0.1) is 0 Å². The van der Waals surface area contributed by atoms with E-state index in [0.717, 1.165) is 38.0 Å². The van der Waals surface area contributed by atoms with Crippen LogP contribution in [-0.2, 0) is 0 Å². The fourth-order valence-corrected chi connectivity index (χ4v) is 3.97. The Morgan fingerprint density at radius 3 is 2.62 bits per heavy atom. The van der Waals surface area contributed by atoms with Gasteiger partial charge >= 0.3 is 0 Å². The number of benzene rings is 1. The third-order valence-electron chi connectivity index (χ3n) is 5.57. The molecule has 1 amide bonds. The van der Waals surface area contributed by atoms with E-state index in [0.29, 0.717) is 29.6 Å². The number of carbonyl (C=O) groups is 1. The summed E-state index contributed by atoms with van der Waals surface area (Å²) in [6.45, 7) is 3.26. The van der Waals surface area contributed by atoms with Crippen LogP contribution in [-0.4, -0.2) is 60.0 Å². The number of piperidine rings is 1. The molecule has 0 N–H and O–H groups in total. The van der Waals surface area contributed by atoms with Gasteiger partial charge in [-0.15, -0.1) is 0 Å². The van der Waals surface area contributed by atoms with E-state index < -0.39 is 0 Å². The van der Waals surface area contributed by atoms with E-state index in [9.17, 15) is 4.79 Å². The van der Waals surface area contributed by atoms with Crippen molar-refractivity contribution < 1.29 is 9.53 Å². The Hall–Kier alpha value is -2.37. The quantitative estimate of drug-likeness (QED) is 0.758. The highest BCUT2D eigenvalue weighted by atomic mass is 35.5. The molecule has 0 unspecified atom stereocenters. The standard InChI is InChI=1S/C23H26ClN3O2/c1-26-13-9-17(10-14-26)20-6-4-7-21(25-20)23(28)27-15-11-18(12-16-27)29-22-8-3-2-5-19(22)24/h2-9,18H,10-16H2,1H3. The molecule has 3 heterocycles. The highest BCUT2D eigenvalue weighted by Gasteiger charge is 2.26. The molecular weight excluding hydrogens is 386 g/mol. The van der Waals surface area contributed by atoms with Crippen LogP contribution >= 0.6 is 11.6 Å². The van der Waals surface area contributed by atoms with Crippen LogP contribution in [0.1, 0.15) is 35.4 Å². The van der Waals surface area contributed by atoms with Crippen molar-refractivity contribution in [3.8, 4) is 5.75 Å². The van der Waals surface area contributed by atoms with Gasteiger partial charge in [-0.05, 0) is 43.3 Å². The van der Waals surface area contributed by atoms with E-state index in [1.165, 1.54) is 5.57 Å². The predicted octanol–water partition coefficient (Wildman–Crippen LogP) is 4.14. The molecule has 4 rings (SSSR count). The van der Waals surface area contributed by atoms with Crippen molar-refractivity contribution in [3.05, 3.63) is 65.0 Å². The summed E-state index contributed by atoms with van der Waals surface area (Å²) in [5.74, 6) is 0.705. The van der Waals surface area contributed by atoms with Gasteiger partial charge in [0, 0.05) is 39.0 Å². The molecule has 6 heteroatoms. The molecule has 0 bridgehead atoms. The van der Waals surface area contributed by atoms with Gasteiger partial charge in [-0.3, -0.25) is 4.79 Å². The number of rotatable bonds is 4. The number of ether oxygens (including phenoxy) is 1. The first-order chi connectivity index (χ1) is 14.1. The summed E-state index contributed by atoms with van der Waals surface area (Å²) < 4.78 is 6.03. The van der Waals surface area contributed by atoms with Crippen molar-refractivity contribution in [3.63, 3.8) is 0 Å². The van der Waals surface area contributed by atoms with Crippen molar-refractivity contribution in [2.24, 2.45) is 0 Å². The summed E-state index contributed by atoms with van der Waals surface area (Å²) in [5, 5.41) is 0.621. The van der Waals surface area contributed by atoms with Crippen LogP contribution < -0.4 is 4.74 Å². The van der Waals surface area contributed by atoms with Crippen molar-refractivity contribution in [2.75, 3.05) is 33.2 Å². The first kappa shape index (κ1) is 19.9. The van der Waals surface area contributed by atoms with Crippen LogP contribution in [0.3, 0.4) is 0 Å². The molecule has 2 aliphatic rings. The molecule has 1 aromatic heterocycles. The second-order valence-corrected chi connectivity index (χ2v) is 8.10. The molecule has 0 saturated carbocycles. The Morgan fingerprint density at radius 1 is 1.10 bits per heavy atom. The number of likely N-dealkylation sites (tertiary alicyclic amines) is 1. The lowest BCUT2D eigenvalue weighted by molar-refractivity contribution is 0.0590. The zero-order valence-electron chi connectivity index (χ0n) is 16.7. The van der Waals surface area contributed by atoms with E-state index in [4.69, 9.17) is 16.3 Å². The Bertz CT molecular complexity index is 907. The third kappa shape index (κ3) is 4.80. The fourth-order valence-electron chi connectivity index (χ4n) is 3.79. The Kier molecular flexibility index (Phi) is 6.16. The minimum atomic E-state index is -0.00317. The number of para-hydroxylation sites is 1. The van der Waals surface area contributed by atoms with E-state index in [2.05, 4.69) is 23.0 Å². The van der Waals surface area contributed by atoms with Crippen molar-refractivity contribution >= 4 is 23.1 Å². The predicted molar refractivity (Wildman–Crippen MR) is 115 cm³/mol. The topological polar surface area (TPSA) is 45.7 Å². The highest BCUT2D eigenvalue weighted by Crippen LogP contribution is 2.27. The van der Waals surface area contributed by atoms with Crippen LogP contribution in [0.5, 0.6) is 5.75 Å². The summed E-state index contributed by atoms with van der Waals surface area (Å²) in [5.41, 5.74) is 2.67. The van der Waals surface area contributed by atoms with E-state index in [-0.39, 0.29) is 12.0 Å². The second kappa shape index (κ2) is 8.97. The summed E-state index contributed by atoms with van der Waals surface area (Å²) in [4.78, 5) is 21.8. The van der Waals surface area contributed by atoms with Crippen LogP contribution in [0.4, 0.5) is 0 Å². The van der Waals surface area contributed by atoms with Gasteiger partial charge in [0.15, 0.2) is 0 Å². The maximum atomic E-state index is 13.0. The molecule has 1 fully saturated rings. The molecule has 5 nitrogen and oxygen atoms in total. The maximum Gasteiger partial charge on any atom is 0.272 e. The third-order valence-corrected chi connectivity index (χ3v) is 5.88. The number of amides is 1. The lowest BCUT2D eigenvalue weighted by Gasteiger charge is -2.32. The Morgan fingerprint density at radius 2 is 1.90 bits per heavy atom. The number of hydrogen-bond donors (Lipinski definition) is 0. The Labute approximate surface area is 176 Å². The number of pyridine rings is 1. The first-order valence-corrected chi connectivity index (χ1v) is 10.5. The molecule has 152 valence electrons. The van der Waals surface area contributed by atoms with E-state index >= 15 is 0 Å². The minimum absolute atomic E-state index is 0.00317. The Balaban J connectivity index is 1.37. The highest BCUT2D eigenvalue weighted by molar-refractivity contribution is 6.32. The number of nitrogens with zero attached hydrogens (tertiary/aromatic N) is 3. The lowest BCUT2D eigenvalue weighted by Crippen LogP contribution is -2.42. The number of likely N-dealkylation sites (N-methyl/N-ethyl adjacent to an activating group) is 1. The van der Waals surface area contributed by atoms with Crippen LogP contribution in [0.25, 0.3) is 5.57 Å². The number of halogens is 1. The molecule has 0 spiro atoms. The second-order valence-electron chi connectivity index (χ2n) is 7.69. The average molecular weight is 412 g/mol. The van der Waals surface area contributed by atoms with Gasteiger partial charge in [-0.25, -0.2) is 4.98 Å². The number of carbonyl (C=O) groups excluding carboxylic acids is 1. The van der Waals surface area contributed by atoms with Gasteiger partial charge in [0.25, 0.3) is 5.91 Å². The van der Waals surface area contributed by atoms with Gasteiger partial charge in [-0.2, -0.15) is 0 Å². The lowest BCUT2D eigenvalue weighted by atomic mass is 10.0. The molecule has 2 aromatic rings. The molecular formula is C23H26ClN3O2.